The maximum Gasteiger partial charge on any atom is 0.228 e. The fourth-order valence-electron chi connectivity index (χ4n) is 2.34. The Labute approximate surface area is 105 Å². The lowest BCUT2D eigenvalue weighted by atomic mass is 10.0. The number of anilines is 1. The summed E-state index contributed by atoms with van der Waals surface area (Å²) in [6.07, 6.45) is 2.26. The fraction of sp³-hybridized carbons (Fsp3) is 0.231. The molecule has 1 amide bonds. The van der Waals surface area contributed by atoms with Crippen LogP contribution >= 0.6 is 0 Å². The summed E-state index contributed by atoms with van der Waals surface area (Å²) in [5, 5.41) is 7.05. The normalized spacial score (nSPS) is 13.6. The van der Waals surface area contributed by atoms with Gasteiger partial charge in [0.05, 0.1) is 18.3 Å². The van der Waals surface area contributed by atoms with Crippen molar-refractivity contribution in [2.24, 2.45) is 12.8 Å². The third-order valence-electron chi connectivity index (χ3n) is 3.30. The largest absolute Gasteiger partial charge is 0.326 e. The number of fused-ring (bicyclic) bond motifs is 1. The van der Waals surface area contributed by atoms with E-state index in [1.807, 2.05) is 31.4 Å². The SMILES string of the molecule is Cn1ncc(-c2ccc3c(c2)CC(=O)N3)c1CN. The van der Waals surface area contributed by atoms with Gasteiger partial charge in [0.15, 0.2) is 0 Å². The molecule has 1 aromatic heterocycles. The summed E-state index contributed by atoms with van der Waals surface area (Å²) in [6.45, 7) is 0.445. The van der Waals surface area contributed by atoms with Crippen molar-refractivity contribution in [1.82, 2.24) is 9.78 Å². The van der Waals surface area contributed by atoms with Crippen molar-refractivity contribution in [3.63, 3.8) is 0 Å². The van der Waals surface area contributed by atoms with Crippen LogP contribution in [0.3, 0.4) is 0 Å². The maximum absolute atomic E-state index is 11.3. The van der Waals surface area contributed by atoms with Crippen molar-refractivity contribution in [3.8, 4) is 11.1 Å². The number of nitrogens with one attached hydrogen (secondary N) is 1. The van der Waals surface area contributed by atoms with Crippen molar-refractivity contribution < 1.29 is 4.79 Å². The first kappa shape index (κ1) is 11.0. The average Bonchev–Trinajstić information content (AvgIpc) is 2.89. The lowest BCUT2D eigenvalue weighted by Gasteiger charge is -2.05. The van der Waals surface area contributed by atoms with Crippen molar-refractivity contribution in [2.75, 3.05) is 5.32 Å². The van der Waals surface area contributed by atoms with Gasteiger partial charge in [0.2, 0.25) is 5.91 Å². The first-order chi connectivity index (χ1) is 8.69. The van der Waals surface area contributed by atoms with E-state index in [4.69, 9.17) is 5.73 Å². The van der Waals surface area contributed by atoms with Crippen LogP contribution in [0.25, 0.3) is 11.1 Å². The van der Waals surface area contributed by atoms with E-state index in [1.165, 1.54) is 0 Å². The molecule has 0 fully saturated rings. The highest BCUT2D eigenvalue weighted by Gasteiger charge is 2.19. The number of aromatic nitrogens is 2. The van der Waals surface area contributed by atoms with Crippen LogP contribution in [0.5, 0.6) is 0 Å². The van der Waals surface area contributed by atoms with E-state index < -0.39 is 0 Å². The molecule has 0 saturated carbocycles. The van der Waals surface area contributed by atoms with Crippen LogP contribution in [0, 0.1) is 0 Å². The summed E-state index contributed by atoms with van der Waals surface area (Å²) in [7, 11) is 1.88. The Morgan fingerprint density at radius 1 is 1.50 bits per heavy atom. The van der Waals surface area contributed by atoms with Crippen LogP contribution in [-0.4, -0.2) is 15.7 Å². The Bertz CT molecular complexity index is 630. The summed E-state index contributed by atoms with van der Waals surface area (Å²) in [4.78, 5) is 11.3. The number of hydrogen-bond acceptors (Lipinski definition) is 3. The van der Waals surface area contributed by atoms with Crippen molar-refractivity contribution in [2.45, 2.75) is 13.0 Å². The Balaban J connectivity index is 2.08. The predicted molar refractivity (Wildman–Crippen MR) is 68.9 cm³/mol. The molecule has 0 spiro atoms. The third kappa shape index (κ3) is 1.60. The van der Waals surface area contributed by atoms with Gasteiger partial charge in [0.25, 0.3) is 0 Å². The van der Waals surface area contributed by atoms with Gasteiger partial charge in [-0.3, -0.25) is 9.48 Å². The molecular weight excluding hydrogens is 228 g/mol. The molecule has 1 aliphatic heterocycles. The van der Waals surface area contributed by atoms with Crippen LogP contribution < -0.4 is 11.1 Å². The molecular formula is C13H14N4O. The summed E-state index contributed by atoms with van der Waals surface area (Å²) < 4.78 is 1.78. The number of amides is 1. The van der Waals surface area contributed by atoms with E-state index in [9.17, 15) is 4.79 Å². The van der Waals surface area contributed by atoms with Gasteiger partial charge in [-0.2, -0.15) is 5.10 Å². The van der Waals surface area contributed by atoms with E-state index in [0.29, 0.717) is 13.0 Å². The van der Waals surface area contributed by atoms with Crippen LogP contribution in [0.1, 0.15) is 11.3 Å². The van der Waals surface area contributed by atoms with Crippen LogP contribution in [0.15, 0.2) is 24.4 Å². The summed E-state index contributed by atoms with van der Waals surface area (Å²) in [5.74, 6) is 0.0485. The van der Waals surface area contributed by atoms with Crippen molar-refractivity contribution >= 4 is 11.6 Å². The quantitative estimate of drug-likeness (QED) is 0.826. The first-order valence-electron chi connectivity index (χ1n) is 5.83. The van der Waals surface area contributed by atoms with Gasteiger partial charge < -0.3 is 11.1 Å². The second kappa shape index (κ2) is 3.96. The molecule has 0 atom stereocenters. The van der Waals surface area contributed by atoms with Gasteiger partial charge in [0.1, 0.15) is 0 Å². The second-order valence-electron chi connectivity index (χ2n) is 4.43. The number of nitrogens with zero attached hydrogens (tertiary/aromatic N) is 2. The molecule has 3 rings (SSSR count). The third-order valence-corrected chi connectivity index (χ3v) is 3.30. The lowest BCUT2D eigenvalue weighted by Crippen LogP contribution is -2.05. The molecule has 2 aromatic rings. The van der Waals surface area contributed by atoms with Gasteiger partial charge in [-0.15, -0.1) is 0 Å². The lowest BCUT2D eigenvalue weighted by molar-refractivity contribution is -0.115. The fourth-order valence-corrected chi connectivity index (χ4v) is 2.34. The second-order valence-corrected chi connectivity index (χ2v) is 4.43. The molecule has 5 nitrogen and oxygen atoms in total. The predicted octanol–water partition coefficient (Wildman–Crippen LogP) is 1.04. The zero-order valence-corrected chi connectivity index (χ0v) is 10.1. The summed E-state index contributed by atoms with van der Waals surface area (Å²) in [5.41, 5.74) is 10.8. The van der Waals surface area contributed by atoms with Crippen molar-refractivity contribution in [3.05, 3.63) is 35.7 Å². The van der Waals surface area contributed by atoms with Crippen LogP contribution in [0.2, 0.25) is 0 Å². The molecule has 0 unspecified atom stereocenters. The highest BCUT2D eigenvalue weighted by Crippen LogP contribution is 2.30. The number of carbonyl (C=O) groups excluding carboxylic acids is 1. The number of benzene rings is 1. The minimum Gasteiger partial charge on any atom is -0.326 e. The van der Waals surface area contributed by atoms with E-state index in [-0.39, 0.29) is 5.91 Å². The zero-order chi connectivity index (χ0) is 12.7. The highest BCUT2D eigenvalue weighted by molar-refractivity contribution is 5.99. The van der Waals surface area contributed by atoms with E-state index in [1.54, 1.807) is 4.68 Å². The summed E-state index contributed by atoms with van der Waals surface area (Å²) >= 11 is 0. The molecule has 2 heterocycles. The van der Waals surface area contributed by atoms with Gasteiger partial charge in [-0.05, 0) is 23.3 Å². The first-order valence-corrected chi connectivity index (χ1v) is 5.83. The number of nitrogens with two attached hydrogens (primary N) is 1. The number of hydrogen-bond donors (Lipinski definition) is 2. The zero-order valence-electron chi connectivity index (χ0n) is 10.1. The minimum absolute atomic E-state index is 0.0485. The van der Waals surface area contributed by atoms with Gasteiger partial charge in [0, 0.05) is 24.8 Å². The Kier molecular flexibility index (Phi) is 2.41. The summed E-state index contributed by atoms with van der Waals surface area (Å²) in [6, 6.07) is 5.95. The number of carbonyl (C=O) groups is 1. The van der Waals surface area contributed by atoms with Crippen molar-refractivity contribution in [1.29, 1.82) is 0 Å². The number of aryl methyl sites for hydroxylation is 1. The smallest absolute Gasteiger partial charge is 0.228 e. The molecule has 5 heteroatoms. The van der Waals surface area contributed by atoms with Gasteiger partial charge in [-0.1, -0.05) is 6.07 Å². The molecule has 92 valence electrons. The molecule has 1 aromatic carbocycles. The Morgan fingerprint density at radius 3 is 3.11 bits per heavy atom. The molecule has 1 aliphatic rings. The highest BCUT2D eigenvalue weighted by atomic mass is 16.1. The molecule has 0 saturated heterocycles. The molecule has 18 heavy (non-hydrogen) atoms. The monoisotopic (exact) mass is 242 g/mol. The Hall–Kier alpha value is -2.14. The molecule has 0 bridgehead atoms. The Morgan fingerprint density at radius 2 is 2.33 bits per heavy atom. The average molecular weight is 242 g/mol. The maximum atomic E-state index is 11.3. The van der Waals surface area contributed by atoms with Gasteiger partial charge >= 0.3 is 0 Å². The van der Waals surface area contributed by atoms with E-state index >= 15 is 0 Å². The van der Waals surface area contributed by atoms with Crippen LogP contribution in [0.4, 0.5) is 5.69 Å². The molecule has 0 aliphatic carbocycles. The van der Waals surface area contributed by atoms with E-state index in [2.05, 4.69) is 10.4 Å². The van der Waals surface area contributed by atoms with Gasteiger partial charge in [-0.25, -0.2) is 0 Å². The molecule has 3 N–H and O–H groups in total. The standard InChI is InChI=1S/C13H14N4O/c1-17-12(6-14)10(7-15-17)8-2-3-11-9(4-8)5-13(18)16-11/h2-4,7H,5-6,14H2,1H3,(H,16,18). The van der Waals surface area contributed by atoms with E-state index in [0.717, 1.165) is 28.1 Å². The van der Waals surface area contributed by atoms with Crippen LogP contribution in [-0.2, 0) is 24.8 Å². The minimum atomic E-state index is 0.0485. The topological polar surface area (TPSA) is 72.9 Å². The molecule has 0 radical (unpaired) electrons. The number of rotatable bonds is 2.